The number of nitrogens with one attached hydrogen (secondary N) is 2. The van der Waals surface area contributed by atoms with Crippen LogP contribution in [0.2, 0.25) is 0 Å². The van der Waals surface area contributed by atoms with E-state index in [9.17, 15) is 22.8 Å². The van der Waals surface area contributed by atoms with Crippen molar-refractivity contribution in [3.05, 3.63) is 53.5 Å². The van der Waals surface area contributed by atoms with E-state index in [1.54, 1.807) is 34.2 Å². The maximum absolute atomic E-state index is 13.9. The highest BCUT2D eigenvalue weighted by Gasteiger charge is 2.55. The number of nitrogens with zero attached hydrogens (tertiary/aromatic N) is 6. The maximum Gasteiger partial charge on any atom is 0.402 e. The topological polar surface area (TPSA) is 127 Å². The third kappa shape index (κ3) is 5.86. The first-order chi connectivity index (χ1) is 19.3. The second-order valence-corrected chi connectivity index (χ2v) is 9.90. The molecule has 14 heteroatoms. The quantitative estimate of drug-likeness (QED) is 0.481. The van der Waals surface area contributed by atoms with E-state index in [2.05, 4.69) is 25.7 Å². The van der Waals surface area contributed by atoms with Crippen LogP contribution in [0.15, 0.2) is 36.7 Å². The molecule has 2 N–H and O–H groups in total. The van der Waals surface area contributed by atoms with Crippen molar-refractivity contribution in [1.29, 1.82) is 5.26 Å². The van der Waals surface area contributed by atoms with Crippen molar-refractivity contribution in [1.82, 2.24) is 30.6 Å². The monoisotopic (exact) mass is 558 g/mol. The number of pyridine rings is 2. The standard InChI is InChI=1S/C26H29F3N8O3/c27-26(28,29)23-19(14-33-34-25(23)39)37-15-18-2-1-6-31-24(18)20(37)16-40-11-5-22(38)36-9-7-35(8-10-36)21-4-3-17(12-30)13-32-21/h1-4,6,13,19-20,23,33H,5,7-11,14-16H2,(H,34,39)/t19?,20-,23?/m1/s1. The van der Waals surface area contributed by atoms with Gasteiger partial charge in [0.1, 0.15) is 11.9 Å². The molecule has 2 saturated heterocycles. The van der Waals surface area contributed by atoms with E-state index in [4.69, 9.17) is 10.00 Å². The smallest absolute Gasteiger partial charge is 0.379 e. The van der Waals surface area contributed by atoms with E-state index in [0.29, 0.717) is 37.4 Å². The molecule has 0 spiro atoms. The van der Waals surface area contributed by atoms with Crippen LogP contribution in [-0.4, -0.2) is 89.7 Å². The van der Waals surface area contributed by atoms with Crippen molar-refractivity contribution in [2.75, 3.05) is 50.8 Å². The Morgan fingerprint density at radius 3 is 2.67 bits per heavy atom. The molecule has 3 aliphatic heterocycles. The molecule has 2 amide bonds. The van der Waals surface area contributed by atoms with E-state index < -0.39 is 30.1 Å². The number of nitriles is 1. The van der Waals surface area contributed by atoms with Gasteiger partial charge < -0.3 is 14.5 Å². The Balaban J connectivity index is 1.15. The summed E-state index contributed by atoms with van der Waals surface area (Å²) in [5.74, 6) is -2.62. The zero-order valence-corrected chi connectivity index (χ0v) is 21.6. The molecule has 0 radical (unpaired) electrons. The highest BCUT2D eigenvalue weighted by Crippen LogP contribution is 2.40. The molecule has 3 atom stereocenters. The van der Waals surface area contributed by atoms with Crippen LogP contribution in [0.25, 0.3) is 0 Å². The Bertz CT molecular complexity index is 1260. The predicted octanol–water partition coefficient (Wildman–Crippen LogP) is 1.14. The van der Waals surface area contributed by atoms with Crippen LogP contribution in [0.4, 0.5) is 19.0 Å². The minimum absolute atomic E-state index is 0.0398. The number of piperazine rings is 1. The van der Waals surface area contributed by atoms with Crippen LogP contribution in [0.3, 0.4) is 0 Å². The highest BCUT2D eigenvalue weighted by molar-refractivity contribution is 5.80. The number of rotatable bonds is 7. The molecule has 0 aromatic carbocycles. The normalized spacial score (nSPS) is 23.4. The number of fused-ring (bicyclic) bond motifs is 1. The third-order valence-corrected chi connectivity index (χ3v) is 7.53. The lowest BCUT2D eigenvalue weighted by atomic mass is 9.94. The van der Waals surface area contributed by atoms with Crippen molar-refractivity contribution in [2.45, 2.75) is 31.2 Å². The summed E-state index contributed by atoms with van der Waals surface area (Å²) in [6, 6.07) is 7.35. The van der Waals surface area contributed by atoms with E-state index in [1.807, 2.05) is 12.1 Å². The zero-order chi connectivity index (χ0) is 28.3. The van der Waals surface area contributed by atoms with E-state index in [0.717, 1.165) is 11.4 Å². The van der Waals surface area contributed by atoms with Gasteiger partial charge in [0.05, 0.1) is 36.9 Å². The molecule has 2 fully saturated rings. The van der Waals surface area contributed by atoms with E-state index >= 15 is 0 Å². The highest BCUT2D eigenvalue weighted by atomic mass is 19.4. The van der Waals surface area contributed by atoms with Crippen molar-refractivity contribution in [3.63, 3.8) is 0 Å². The average molecular weight is 559 g/mol. The number of ether oxygens (including phenoxy) is 1. The molecular formula is C26H29F3N8O3. The van der Waals surface area contributed by atoms with Gasteiger partial charge in [0.25, 0.3) is 0 Å². The Hall–Kier alpha value is -3.80. The fourth-order valence-corrected chi connectivity index (χ4v) is 5.50. The summed E-state index contributed by atoms with van der Waals surface area (Å²) in [6.07, 6.45) is -1.47. The van der Waals surface area contributed by atoms with Gasteiger partial charge in [-0.2, -0.15) is 18.4 Å². The second-order valence-electron chi connectivity index (χ2n) is 9.90. The number of hydrogen-bond acceptors (Lipinski definition) is 9. The molecule has 0 bridgehead atoms. The lowest BCUT2D eigenvalue weighted by Gasteiger charge is -2.40. The first-order valence-corrected chi connectivity index (χ1v) is 13.0. The first-order valence-electron chi connectivity index (χ1n) is 13.0. The van der Waals surface area contributed by atoms with Crippen LogP contribution in [-0.2, 0) is 20.9 Å². The van der Waals surface area contributed by atoms with Gasteiger partial charge in [-0.15, -0.1) is 0 Å². The van der Waals surface area contributed by atoms with Crippen molar-refractivity contribution >= 4 is 17.6 Å². The molecule has 212 valence electrons. The average Bonchev–Trinajstić information content (AvgIpc) is 3.33. The molecule has 0 saturated carbocycles. The first kappa shape index (κ1) is 27.8. The number of alkyl halides is 3. The molecule has 2 aromatic rings. The number of hydrazine groups is 1. The van der Waals surface area contributed by atoms with Gasteiger partial charge in [0.15, 0.2) is 5.92 Å². The maximum atomic E-state index is 13.9. The van der Waals surface area contributed by atoms with Crippen LogP contribution >= 0.6 is 0 Å². The third-order valence-electron chi connectivity index (χ3n) is 7.53. The van der Waals surface area contributed by atoms with Crippen molar-refractivity contribution in [2.24, 2.45) is 5.92 Å². The summed E-state index contributed by atoms with van der Waals surface area (Å²) in [7, 11) is 0. The van der Waals surface area contributed by atoms with E-state index in [1.165, 1.54) is 6.20 Å². The molecule has 0 aliphatic carbocycles. The minimum atomic E-state index is -4.71. The summed E-state index contributed by atoms with van der Waals surface area (Å²) in [5.41, 5.74) is 6.56. The Morgan fingerprint density at radius 2 is 1.98 bits per heavy atom. The van der Waals surface area contributed by atoms with Crippen LogP contribution in [0.5, 0.6) is 0 Å². The molecular weight excluding hydrogens is 529 g/mol. The Labute approximate surface area is 228 Å². The predicted molar refractivity (Wildman–Crippen MR) is 135 cm³/mol. The van der Waals surface area contributed by atoms with Crippen LogP contribution in [0, 0.1) is 17.2 Å². The summed E-state index contributed by atoms with van der Waals surface area (Å²) in [4.78, 5) is 39.1. The fraction of sp³-hybridized carbons (Fsp3) is 0.500. The number of carbonyl (C=O) groups is 2. The summed E-state index contributed by atoms with van der Waals surface area (Å²) >= 11 is 0. The van der Waals surface area contributed by atoms with Gasteiger partial charge in [-0.3, -0.25) is 24.9 Å². The van der Waals surface area contributed by atoms with Crippen molar-refractivity contribution < 1.29 is 27.5 Å². The zero-order valence-electron chi connectivity index (χ0n) is 21.6. The number of halogens is 3. The van der Waals surface area contributed by atoms with Gasteiger partial charge >= 0.3 is 6.18 Å². The van der Waals surface area contributed by atoms with Gasteiger partial charge in [0.2, 0.25) is 11.8 Å². The van der Waals surface area contributed by atoms with Gasteiger partial charge in [-0.25, -0.2) is 10.4 Å². The number of carbonyl (C=O) groups excluding carboxylic acids is 2. The minimum Gasteiger partial charge on any atom is -0.379 e. The number of aromatic nitrogens is 2. The Kier molecular flexibility index (Phi) is 8.15. The van der Waals surface area contributed by atoms with Gasteiger partial charge in [-0.05, 0) is 23.8 Å². The molecule has 2 unspecified atom stereocenters. The summed E-state index contributed by atoms with van der Waals surface area (Å²) < 4.78 is 47.4. The SMILES string of the molecule is N#Cc1ccc(N2CCN(C(=O)CCOC[C@@H]3c4ncccc4CN3C3CNNC(=O)C3C(F)(F)F)CC2)nc1. The summed E-state index contributed by atoms with van der Waals surface area (Å²) in [6.45, 7) is 2.52. The molecule has 5 heterocycles. The fourth-order valence-electron chi connectivity index (χ4n) is 5.50. The molecule has 2 aromatic heterocycles. The number of amides is 2. The number of hydrogen-bond donors (Lipinski definition) is 2. The largest absolute Gasteiger partial charge is 0.402 e. The lowest BCUT2D eigenvalue weighted by molar-refractivity contribution is -0.203. The van der Waals surface area contributed by atoms with Crippen molar-refractivity contribution in [3.8, 4) is 6.07 Å². The lowest BCUT2D eigenvalue weighted by Crippen LogP contribution is -2.64. The molecule has 11 nitrogen and oxygen atoms in total. The molecule has 3 aliphatic rings. The Morgan fingerprint density at radius 1 is 1.18 bits per heavy atom. The second kappa shape index (κ2) is 11.7. The van der Waals surface area contributed by atoms with Crippen LogP contribution in [0.1, 0.15) is 29.3 Å². The summed E-state index contributed by atoms with van der Waals surface area (Å²) in [5, 5.41) is 8.93. The van der Waals surface area contributed by atoms with E-state index in [-0.39, 0.29) is 38.6 Å². The number of anilines is 1. The molecule has 40 heavy (non-hydrogen) atoms. The van der Waals surface area contributed by atoms with Gasteiger partial charge in [0, 0.05) is 57.7 Å². The molecule has 5 rings (SSSR count). The van der Waals surface area contributed by atoms with Gasteiger partial charge in [-0.1, -0.05) is 6.07 Å². The van der Waals surface area contributed by atoms with Crippen LogP contribution < -0.4 is 15.8 Å².